The van der Waals surface area contributed by atoms with Gasteiger partial charge in [0, 0.05) is 38.8 Å². The van der Waals surface area contributed by atoms with Crippen LogP contribution in [0.2, 0.25) is 0 Å². The second-order valence-electron chi connectivity index (χ2n) is 0. The number of hydrogen-bond donors (Lipinski definition) is 0. The molecule has 28 valence electrons. The standard InChI is InChI=1S/2ClH.Fe.Ti/h2*1H;;. The molecule has 0 unspecified atom stereocenters. The predicted molar refractivity (Wildman–Crippen MR) is 14.5 cm³/mol. The van der Waals surface area contributed by atoms with Gasteiger partial charge in [-0.2, -0.15) is 0 Å². The Hall–Kier alpha value is 1.81. The smallest absolute Gasteiger partial charge is 0 e. The Morgan fingerprint density at radius 3 is 0.750 bits per heavy atom. The number of rotatable bonds is 0. The zero-order valence-corrected chi connectivity index (χ0v) is 5.97. The van der Waals surface area contributed by atoms with Gasteiger partial charge in [0.1, 0.15) is 0 Å². The first-order valence-electron chi connectivity index (χ1n) is 0. The zero-order chi connectivity index (χ0) is 0. The van der Waals surface area contributed by atoms with Gasteiger partial charge in [-0.15, -0.1) is 24.8 Å². The SMILES string of the molecule is Cl.Cl.[Fe].[Ti]. The molecule has 0 aliphatic rings. The second kappa shape index (κ2) is 21.3. The quantitative estimate of drug-likeness (QED) is 0.480. The average molecular weight is 177 g/mol. The zero-order valence-electron chi connectivity index (χ0n) is 1.67. The third-order valence-corrected chi connectivity index (χ3v) is 0. The predicted octanol–water partition coefficient (Wildman–Crippen LogP) is 0.839. The third-order valence-electron chi connectivity index (χ3n) is 0. The second-order valence-corrected chi connectivity index (χ2v) is 0. The summed E-state index contributed by atoms with van der Waals surface area (Å²) in [5.74, 6) is 0. The van der Waals surface area contributed by atoms with Crippen LogP contribution in [0, 0.1) is 0 Å². The van der Waals surface area contributed by atoms with Crippen LogP contribution in [0.1, 0.15) is 0 Å². The van der Waals surface area contributed by atoms with E-state index in [1.807, 2.05) is 0 Å². The maximum atomic E-state index is 0. The molecule has 0 heterocycles. The van der Waals surface area contributed by atoms with Gasteiger partial charge >= 0.3 is 0 Å². The van der Waals surface area contributed by atoms with E-state index in [1.165, 1.54) is 0 Å². The number of halogens is 2. The van der Waals surface area contributed by atoms with E-state index in [1.54, 1.807) is 0 Å². The molecular formula is H2Cl2FeTi. The molecule has 4 heavy (non-hydrogen) atoms. The minimum Gasteiger partial charge on any atom is -0.147 e. The fourth-order valence-corrected chi connectivity index (χ4v) is 0. The van der Waals surface area contributed by atoms with E-state index < -0.39 is 0 Å². The first-order valence-corrected chi connectivity index (χ1v) is 0. The van der Waals surface area contributed by atoms with Gasteiger partial charge < -0.3 is 0 Å². The molecule has 4 heteroatoms. The summed E-state index contributed by atoms with van der Waals surface area (Å²) >= 11 is 0. The van der Waals surface area contributed by atoms with Crippen molar-refractivity contribution < 1.29 is 38.8 Å². The van der Waals surface area contributed by atoms with Crippen LogP contribution in [0.15, 0.2) is 0 Å². The molecule has 0 aromatic rings. The maximum Gasteiger partial charge on any atom is 0 e. The molecule has 0 aromatic carbocycles. The van der Waals surface area contributed by atoms with Crippen molar-refractivity contribution in [1.82, 2.24) is 0 Å². The van der Waals surface area contributed by atoms with E-state index in [0.717, 1.165) is 0 Å². The Labute approximate surface area is 63.3 Å². The minimum atomic E-state index is 0. The largest absolute Gasteiger partial charge is 0.147 e. The summed E-state index contributed by atoms with van der Waals surface area (Å²) in [6, 6.07) is 0. The first-order chi connectivity index (χ1) is 0. The van der Waals surface area contributed by atoms with Gasteiger partial charge in [-0.3, -0.25) is 0 Å². The maximum absolute atomic E-state index is 0. The van der Waals surface area contributed by atoms with Crippen LogP contribution in [0.5, 0.6) is 0 Å². The summed E-state index contributed by atoms with van der Waals surface area (Å²) in [7, 11) is 0. The summed E-state index contributed by atoms with van der Waals surface area (Å²) in [6.45, 7) is 0. The van der Waals surface area contributed by atoms with Crippen molar-refractivity contribution in [1.29, 1.82) is 0 Å². The molecule has 0 rings (SSSR count). The molecule has 0 aliphatic carbocycles. The molecule has 0 bridgehead atoms. The van der Waals surface area contributed by atoms with E-state index in [2.05, 4.69) is 0 Å². The first kappa shape index (κ1) is 41.0. The van der Waals surface area contributed by atoms with Gasteiger partial charge in [0.25, 0.3) is 0 Å². The molecule has 0 spiro atoms. The van der Waals surface area contributed by atoms with Crippen LogP contribution in [0.3, 0.4) is 0 Å². The van der Waals surface area contributed by atoms with E-state index >= 15 is 0 Å². The van der Waals surface area contributed by atoms with Crippen LogP contribution in [0.4, 0.5) is 0 Å². The Kier molecular flexibility index (Phi) is 218. The van der Waals surface area contributed by atoms with Crippen LogP contribution in [-0.4, -0.2) is 0 Å². The van der Waals surface area contributed by atoms with Gasteiger partial charge in [-0.1, -0.05) is 0 Å². The summed E-state index contributed by atoms with van der Waals surface area (Å²) in [5, 5.41) is 0. The average Bonchev–Trinajstić information content (AvgIpc) is 0. The third kappa shape index (κ3) is 9.18. The Morgan fingerprint density at radius 1 is 0.750 bits per heavy atom. The minimum absolute atomic E-state index is 0. The molecule has 0 saturated heterocycles. The van der Waals surface area contributed by atoms with Crippen LogP contribution in [-0.2, 0) is 38.8 Å². The van der Waals surface area contributed by atoms with E-state index in [0.29, 0.717) is 0 Å². The van der Waals surface area contributed by atoms with Crippen molar-refractivity contribution >= 4 is 24.8 Å². The normalized spacial score (nSPS) is 0. The Bertz CT molecular complexity index is 6.00. The van der Waals surface area contributed by atoms with E-state index in [-0.39, 0.29) is 63.6 Å². The van der Waals surface area contributed by atoms with Gasteiger partial charge in [0.2, 0.25) is 0 Å². The molecular weight excluding hydrogens is 175 g/mol. The van der Waals surface area contributed by atoms with Crippen molar-refractivity contribution in [2.45, 2.75) is 0 Å². The summed E-state index contributed by atoms with van der Waals surface area (Å²) < 4.78 is 0. The molecule has 0 radical (unpaired) electrons. The molecule has 0 fully saturated rings. The molecule has 0 N–H and O–H groups in total. The van der Waals surface area contributed by atoms with Gasteiger partial charge in [0.15, 0.2) is 0 Å². The summed E-state index contributed by atoms with van der Waals surface area (Å²) in [5.41, 5.74) is 0. The van der Waals surface area contributed by atoms with Crippen LogP contribution < -0.4 is 0 Å². The monoisotopic (exact) mass is 176 g/mol. The summed E-state index contributed by atoms with van der Waals surface area (Å²) in [4.78, 5) is 0. The van der Waals surface area contributed by atoms with Gasteiger partial charge in [-0.05, 0) is 0 Å². The Morgan fingerprint density at radius 2 is 0.750 bits per heavy atom. The molecule has 0 saturated carbocycles. The van der Waals surface area contributed by atoms with Crippen LogP contribution >= 0.6 is 24.8 Å². The molecule has 0 atom stereocenters. The van der Waals surface area contributed by atoms with Crippen molar-refractivity contribution in [2.75, 3.05) is 0 Å². The fourth-order valence-electron chi connectivity index (χ4n) is 0. The number of hydrogen-bond acceptors (Lipinski definition) is 0. The topological polar surface area (TPSA) is 0 Å². The Balaban J connectivity index is 0. The molecule has 0 nitrogen and oxygen atoms in total. The van der Waals surface area contributed by atoms with Crippen molar-refractivity contribution in [3.63, 3.8) is 0 Å². The summed E-state index contributed by atoms with van der Waals surface area (Å²) in [6.07, 6.45) is 0. The van der Waals surface area contributed by atoms with Crippen molar-refractivity contribution in [3.8, 4) is 0 Å². The van der Waals surface area contributed by atoms with Gasteiger partial charge in [0.05, 0.1) is 0 Å². The van der Waals surface area contributed by atoms with E-state index in [4.69, 9.17) is 0 Å². The van der Waals surface area contributed by atoms with Crippen molar-refractivity contribution in [3.05, 3.63) is 0 Å². The van der Waals surface area contributed by atoms with Crippen LogP contribution in [0.25, 0.3) is 0 Å². The molecule has 0 amide bonds. The molecule has 0 aliphatic heterocycles. The van der Waals surface area contributed by atoms with E-state index in [9.17, 15) is 0 Å². The van der Waals surface area contributed by atoms with Gasteiger partial charge in [-0.25, -0.2) is 0 Å². The van der Waals surface area contributed by atoms with Crippen molar-refractivity contribution in [2.24, 2.45) is 0 Å². The fraction of sp³-hybridized carbons (Fsp3) is 0. The molecule has 0 aromatic heterocycles.